The van der Waals surface area contributed by atoms with E-state index < -0.39 is 0 Å². The second-order valence-electron chi connectivity index (χ2n) is 6.05. The molecule has 0 aromatic carbocycles. The molecule has 4 rings (SSSR count). The Labute approximate surface area is 125 Å². The number of pyridine rings is 1. The van der Waals surface area contributed by atoms with Crippen molar-refractivity contribution in [2.24, 2.45) is 0 Å². The van der Waals surface area contributed by atoms with Gasteiger partial charge < -0.3 is 9.80 Å². The number of aromatic nitrogens is 3. The Bertz CT molecular complexity index is 610. The highest BCUT2D eigenvalue weighted by Gasteiger charge is 2.27. The number of piperidine rings is 1. The van der Waals surface area contributed by atoms with Gasteiger partial charge in [0.05, 0.1) is 10.9 Å². The molecular weight excluding hydrogens is 262 g/mol. The number of hydrogen-bond donors (Lipinski definition) is 0. The molecule has 2 aliphatic heterocycles. The predicted molar refractivity (Wildman–Crippen MR) is 83.4 cm³/mol. The zero-order chi connectivity index (χ0) is 14.1. The molecule has 0 N–H and O–H groups in total. The van der Waals surface area contributed by atoms with Crippen LogP contribution in [0.2, 0.25) is 0 Å². The Morgan fingerprint density at radius 2 is 1.81 bits per heavy atom. The first-order chi connectivity index (χ1) is 10.4. The standard InChI is InChI=1S/C16H21N5/c1-2-8-20(7-1)13-4-9-21(10-5-13)16-14-11-17-6-3-15(14)18-12-19-16/h3,6,11-13H,1-2,4-5,7-10H2. The van der Waals surface area contributed by atoms with Crippen LogP contribution in [0.15, 0.2) is 24.8 Å². The molecule has 5 nitrogen and oxygen atoms in total. The van der Waals surface area contributed by atoms with E-state index >= 15 is 0 Å². The third-order valence-electron chi connectivity index (χ3n) is 4.84. The van der Waals surface area contributed by atoms with Crippen LogP contribution in [-0.2, 0) is 0 Å². The van der Waals surface area contributed by atoms with Crippen LogP contribution >= 0.6 is 0 Å². The number of hydrogen-bond acceptors (Lipinski definition) is 5. The summed E-state index contributed by atoms with van der Waals surface area (Å²) < 4.78 is 0. The molecular formula is C16H21N5. The van der Waals surface area contributed by atoms with Crippen molar-refractivity contribution in [3.8, 4) is 0 Å². The van der Waals surface area contributed by atoms with E-state index in [0.717, 1.165) is 35.9 Å². The maximum atomic E-state index is 4.51. The Hall–Kier alpha value is -1.75. The molecule has 0 spiro atoms. The second kappa shape index (κ2) is 5.56. The van der Waals surface area contributed by atoms with Crippen molar-refractivity contribution >= 4 is 16.7 Å². The SMILES string of the molecule is c1cc2ncnc(N3CCC(N4CCCC4)CC3)c2cn1. The highest BCUT2D eigenvalue weighted by molar-refractivity contribution is 5.88. The number of fused-ring (bicyclic) bond motifs is 1. The van der Waals surface area contributed by atoms with Crippen molar-refractivity contribution in [1.82, 2.24) is 19.9 Å². The zero-order valence-corrected chi connectivity index (χ0v) is 12.3. The Morgan fingerprint density at radius 1 is 1.00 bits per heavy atom. The number of rotatable bonds is 2. The lowest BCUT2D eigenvalue weighted by molar-refractivity contribution is 0.208. The van der Waals surface area contributed by atoms with Gasteiger partial charge in [-0.05, 0) is 44.8 Å². The maximum Gasteiger partial charge on any atom is 0.141 e. The highest BCUT2D eigenvalue weighted by Crippen LogP contribution is 2.27. The lowest BCUT2D eigenvalue weighted by Gasteiger charge is -2.37. The molecule has 2 aliphatic rings. The van der Waals surface area contributed by atoms with Crippen LogP contribution in [0.25, 0.3) is 10.9 Å². The van der Waals surface area contributed by atoms with Crippen LogP contribution in [0.1, 0.15) is 25.7 Å². The average Bonchev–Trinajstić information content (AvgIpc) is 3.09. The van der Waals surface area contributed by atoms with E-state index in [2.05, 4.69) is 24.8 Å². The lowest BCUT2D eigenvalue weighted by Crippen LogP contribution is -2.44. The van der Waals surface area contributed by atoms with Crippen LogP contribution < -0.4 is 4.90 Å². The fraction of sp³-hybridized carbons (Fsp3) is 0.562. The molecule has 5 heteroatoms. The first kappa shape index (κ1) is 13.0. The zero-order valence-electron chi connectivity index (χ0n) is 12.3. The minimum absolute atomic E-state index is 0.773. The first-order valence-electron chi connectivity index (χ1n) is 7.95. The van der Waals surface area contributed by atoms with Crippen LogP contribution in [0.5, 0.6) is 0 Å². The average molecular weight is 283 g/mol. The maximum absolute atomic E-state index is 4.51. The van der Waals surface area contributed by atoms with Crippen LogP contribution in [-0.4, -0.2) is 52.1 Å². The van der Waals surface area contributed by atoms with Gasteiger partial charge in [0.15, 0.2) is 0 Å². The summed E-state index contributed by atoms with van der Waals surface area (Å²) in [5.74, 6) is 1.05. The third kappa shape index (κ3) is 2.46. The van der Waals surface area contributed by atoms with Gasteiger partial charge in [-0.1, -0.05) is 0 Å². The summed E-state index contributed by atoms with van der Waals surface area (Å²) in [6.45, 7) is 4.76. The van der Waals surface area contributed by atoms with Gasteiger partial charge in [0.25, 0.3) is 0 Å². The number of anilines is 1. The van der Waals surface area contributed by atoms with Gasteiger partial charge in [0, 0.05) is 31.5 Å². The Kier molecular flexibility index (Phi) is 3.43. The van der Waals surface area contributed by atoms with Gasteiger partial charge in [-0.2, -0.15) is 0 Å². The summed E-state index contributed by atoms with van der Waals surface area (Å²) in [6, 6.07) is 2.73. The van der Waals surface area contributed by atoms with Crippen LogP contribution in [0, 0.1) is 0 Å². The molecule has 110 valence electrons. The van der Waals surface area contributed by atoms with Crippen molar-refractivity contribution in [3.05, 3.63) is 24.8 Å². The van der Waals surface area contributed by atoms with E-state index in [4.69, 9.17) is 0 Å². The van der Waals surface area contributed by atoms with E-state index in [1.54, 1.807) is 12.5 Å². The molecule has 0 aliphatic carbocycles. The minimum atomic E-state index is 0.773. The molecule has 0 saturated carbocycles. The van der Waals surface area contributed by atoms with Gasteiger partial charge in [-0.25, -0.2) is 9.97 Å². The van der Waals surface area contributed by atoms with E-state index in [9.17, 15) is 0 Å². The van der Waals surface area contributed by atoms with E-state index in [0.29, 0.717) is 0 Å². The van der Waals surface area contributed by atoms with Crippen molar-refractivity contribution in [2.75, 3.05) is 31.1 Å². The smallest absolute Gasteiger partial charge is 0.141 e. The molecule has 4 heterocycles. The largest absolute Gasteiger partial charge is 0.356 e. The van der Waals surface area contributed by atoms with Gasteiger partial charge in [0.1, 0.15) is 12.1 Å². The number of nitrogens with zero attached hydrogens (tertiary/aromatic N) is 5. The summed E-state index contributed by atoms with van der Waals surface area (Å²) in [7, 11) is 0. The third-order valence-corrected chi connectivity index (χ3v) is 4.84. The predicted octanol–water partition coefficient (Wildman–Crippen LogP) is 2.09. The summed E-state index contributed by atoms with van der Waals surface area (Å²) in [4.78, 5) is 18.2. The van der Waals surface area contributed by atoms with Crippen molar-refractivity contribution in [2.45, 2.75) is 31.7 Å². The summed E-state index contributed by atoms with van der Waals surface area (Å²) in [6.07, 6.45) is 10.6. The van der Waals surface area contributed by atoms with Crippen molar-refractivity contribution in [3.63, 3.8) is 0 Å². The molecule has 2 saturated heterocycles. The topological polar surface area (TPSA) is 45.2 Å². The molecule has 0 amide bonds. The normalized spacial score (nSPS) is 21.2. The Balaban J connectivity index is 1.52. The lowest BCUT2D eigenvalue weighted by atomic mass is 10.0. The quantitative estimate of drug-likeness (QED) is 0.844. The van der Waals surface area contributed by atoms with Gasteiger partial charge in [0.2, 0.25) is 0 Å². The molecule has 2 aromatic rings. The van der Waals surface area contributed by atoms with Gasteiger partial charge in [-0.15, -0.1) is 0 Å². The summed E-state index contributed by atoms with van der Waals surface area (Å²) >= 11 is 0. The molecule has 2 aromatic heterocycles. The molecule has 21 heavy (non-hydrogen) atoms. The fourth-order valence-electron chi connectivity index (χ4n) is 3.69. The Morgan fingerprint density at radius 3 is 2.62 bits per heavy atom. The van der Waals surface area contributed by atoms with E-state index in [-0.39, 0.29) is 0 Å². The summed E-state index contributed by atoms with van der Waals surface area (Å²) in [5.41, 5.74) is 0.983. The fourth-order valence-corrected chi connectivity index (χ4v) is 3.69. The number of likely N-dealkylation sites (tertiary alicyclic amines) is 1. The molecule has 0 unspecified atom stereocenters. The van der Waals surface area contributed by atoms with E-state index in [1.807, 2.05) is 12.3 Å². The van der Waals surface area contributed by atoms with Gasteiger partial charge in [-0.3, -0.25) is 4.98 Å². The highest BCUT2D eigenvalue weighted by atomic mass is 15.2. The van der Waals surface area contributed by atoms with Crippen molar-refractivity contribution < 1.29 is 0 Å². The van der Waals surface area contributed by atoms with Crippen molar-refractivity contribution in [1.29, 1.82) is 0 Å². The van der Waals surface area contributed by atoms with Gasteiger partial charge >= 0.3 is 0 Å². The molecule has 0 bridgehead atoms. The molecule has 2 fully saturated rings. The molecule has 0 atom stereocenters. The minimum Gasteiger partial charge on any atom is -0.356 e. The summed E-state index contributed by atoms with van der Waals surface area (Å²) in [5, 5.41) is 1.07. The first-order valence-corrected chi connectivity index (χ1v) is 7.95. The molecule has 0 radical (unpaired) electrons. The van der Waals surface area contributed by atoms with Crippen LogP contribution in [0.3, 0.4) is 0 Å². The second-order valence-corrected chi connectivity index (χ2v) is 6.05. The monoisotopic (exact) mass is 283 g/mol. The van der Waals surface area contributed by atoms with E-state index in [1.165, 1.54) is 38.8 Å². The van der Waals surface area contributed by atoms with Crippen LogP contribution in [0.4, 0.5) is 5.82 Å².